The largest absolute Gasteiger partial charge is 0.391 e. The molecule has 15 heavy (non-hydrogen) atoms. The molecule has 0 spiro atoms. The second kappa shape index (κ2) is 4.73. The maximum atomic E-state index is 6.07. The van der Waals surface area contributed by atoms with E-state index < -0.39 is 0 Å². The Morgan fingerprint density at radius 3 is 2.87 bits per heavy atom. The Balaban J connectivity index is 2.24. The molecule has 2 nitrogen and oxygen atoms in total. The summed E-state index contributed by atoms with van der Waals surface area (Å²) >= 11 is 15.2. The van der Waals surface area contributed by atoms with Gasteiger partial charge in [-0.05, 0) is 12.1 Å². The molecule has 0 fully saturated rings. The van der Waals surface area contributed by atoms with Gasteiger partial charge in [0.25, 0.3) is 0 Å². The van der Waals surface area contributed by atoms with Crippen molar-refractivity contribution in [1.29, 1.82) is 0 Å². The predicted octanol–water partition coefficient (Wildman–Crippen LogP) is 3.88. The van der Waals surface area contributed by atoms with Crippen molar-refractivity contribution in [1.82, 2.24) is 0 Å². The number of hydrogen-bond acceptors (Lipinski definition) is 2. The van der Waals surface area contributed by atoms with Gasteiger partial charge in [0.15, 0.2) is 0 Å². The molecule has 1 heterocycles. The number of hydrogen-bond donors (Lipinski definition) is 0. The number of benzene rings is 1. The van der Waals surface area contributed by atoms with Gasteiger partial charge in [0.05, 0.1) is 10.7 Å². The Kier molecular flexibility index (Phi) is 3.54. The lowest BCUT2D eigenvalue weighted by Gasteiger charge is -2.03. The molecule has 0 saturated heterocycles. The highest BCUT2D eigenvalue weighted by molar-refractivity contribution is 9.09. The van der Waals surface area contributed by atoms with Crippen molar-refractivity contribution in [3.63, 3.8) is 0 Å². The van der Waals surface area contributed by atoms with Gasteiger partial charge in [-0.15, -0.1) is 0 Å². The SMILES string of the molecule is Clc1ccc(C2=NO[C@@H](CBr)C2)c(Cl)c1. The highest BCUT2D eigenvalue weighted by Crippen LogP contribution is 2.26. The van der Waals surface area contributed by atoms with Crippen LogP contribution < -0.4 is 0 Å². The van der Waals surface area contributed by atoms with Crippen molar-refractivity contribution in [3.8, 4) is 0 Å². The van der Waals surface area contributed by atoms with Gasteiger partial charge in [-0.2, -0.15) is 0 Å². The van der Waals surface area contributed by atoms with E-state index in [1.165, 1.54) is 0 Å². The zero-order valence-electron chi connectivity index (χ0n) is 7.71. The zero-order valence-corrected chi connectivity index (χ0v) is 10.8. The van der Waals surface area contributed by atoms with Gasteiger partial charge in [-0.25, -0.2) is 0 Å². The molecular formula is C10H8BrCl2NO. The summed E-state index contributed by atoms with van der Waals surface area (Å²) in [5.41, 5.74) is 1.77. The molecule has 1 aliphatic rings. The quantitative estimate of drug-likeness (QED) is 0.760. The van der Waals surface area contributed by atoms with E-state index in [4.69, 9.17) is 28.0 Å². The first-order chi connectivity index (χ1) is 7.20. The van der Waals surface area contributed by atoms with Crippen LogP contribution in [-0.2, 0) is 4.84 Å². The summed E-state index contributed by atoms with van der Waals surface area (Å²) in [6.45, 7) is 0. The number of oxime groups is 1. The first-order valence-electron chi connectivity index (χ1n) is 4.45. The number of halogens is 3. The fourth-order valence-corrected chi connectivity index (χ4v) is 2.26. The highest BCUT2D eigenvalue weighted by atomic mass is 79.9. The van der Waals surface area contributed by atoms with E-state index in [2.05, 4.69) is 21.1 Å². The normalized spacial score (nSPS) is 19.9. The monoisotopic (exact) mass is 307 g/mol. The Hall–Kier alpha value is -0.250. The molecule has 1 atom stereocenters. The molecule has 0 unspecified atom stereocenters. The van der Waals surface area contributed by atoms with Crippen LogP contribution in [0.3, 0.4) is 0 Å². The molecular weight excluding hydrogens is 301 g/mol. The van der Waals surface area contributed by atoms with E-state index in [1.807, 2.05) is 6.07 Å². The van der Waals surface area contributed by atoms with Crippen molar-refractivity contribution < 1.29 is 4.84 Å². The summed E-state index contributed by atoms with van der Waals surface area (Å²) in [5, 5.41) is 6.01. The number of alkyl halides is 1. The Bertz CT molecular complexity index is 408. The fraction of sp³-hybridized carbons (Fsp3) is 0.300. The minimum atomic E-state index is 0.103. The first kappa shape index (κ1) is 11.2. The predicted molar refractivity (Wildman–Crippen MR) is 66.3 cm³/mol. The molecule has 0 aromatic heterocycles. The van der Waals surface area contributed by atoms with E-state index in [0.717, 1.165) is 23.0 Å². The molecule has 5 heteroatoms. The van der Waals surface area contributed by atoms with Gasteiger partial charge in [0.2, 0.25) is 0 Å². The topological polar surface area (TPSA) is 21.6 Å². The average molecular weight is 309 g/mol. The molecule has 0 bridgehead atoms. The third kappa shape index (κ3) is 2.47. The van der Waals surface area contributed by atoms with Crippen molar-refractivity contribution in [2.24, 2.45) is 5.16 Å². The van der Waals surface area contributed by atoms with Crippen LogP contribution in [-0.4, -0.2) is 17.1 Å². The zero-order chi connectivity index (χ0) is 10.8. The Morgan fingerprint density at radius 1 is 1.47 bits per heavy atom. The van der Waals surface area contributed by atoms with Gasteiger partial charge in [-0.3, -0.25) is 0 Å². The van der Waals surface area contributed by atoms with E-state index in [0.29, 0.717) is 10.0 Å². The lowest BCUT2D eigenvalue weighted by molar-refractivity contribution is 0.104. The van der Waals surface area contributed by atoms with Crippen LogP contribution in [0.2, 0.25) is 10.0 Å². The van der Waals surface area contributed by atoms with Crippen molar-refractivity contribution in [2.75, 3.05) is 5.33 Å². The number of nitrogens with zero attached hydrogens (tertiary/aromatic N) is 1. The van der Waals surface area contributed by atoms with Crippen molar-refractivity contribution in [3.05, 3.63) is 33.8 Å². The van der Waals surface area contributed by atoms with E-state index in [-0.39, 0.29) is 6.10 Å². The molecule has 0 radical (unpaired) electrons. The van der Waals surface area contributed by atoms with Crippen molar-refractivity contribution in [2.45, 2.75) is 12.5 Å². The molecule has 1 aromatic rings. The molecule has 1 aliphatic heterocycles. The molecule has 1 aromatic carbocycles. The van der Waals surface area contributed by atoms with E-state index >= 15 is 0 Å². The third-order valence-electron chi connectivity index (χ3n) is 2.15. The van der Waals surface area contributed by atoms with E-state index in [1.54, 1.807) is 12.1 Å². The standard InChI is InChI=1S/C10H8BrCl2NO/c11-5-7-4-10(14-15-7)8-2-1-6(12)3-9(8)13/h1-3,7H,4-5H2/t7-/m1/s1. The maximum absolute atomic E-state index is 6.07. The number of rotatable bonds is 2. The molecule has 80 valence electrons. The lowest BCUT2D eigenvalue weighted by atomic mass is 10.1. The van der Waals surface area contributed by atoms with Crippen LogP contribution in [0.1, 0.15) is 12.0 Å². The summed E-state index contributed by atoms with van der Waals surface area (Å²) in [6, 6.07) is 5.37. The molecule has 0 amide bonds. The molecule has 0 saturated carbocycles. The average Bonchev–Trinajstić information content (AvgIpc) is 2.66. The second-order valence-corrected chi connectivity index (χ2v) is 4.74. The van der Waals surface area contributed by atoms with Crippen LogP contribution in [0.5, 0.6) is 0 Å². The summed E-state index contributed by atoms with van der Waals surface area (Å²) in [7, 11) is 0. The Labute approximate surface area is 106 Å². The summed E-state index contributed by atoms with van der Waals surface area (Å²) < 4.78 is 0. The summed E-state index contributed by atoms with van der Waals surface area (Å²) in [4.78, 5) is 5.20. The minimum Gasteiger partial charge on any atom is -0.391 e. The molecule has 0 N–H and O–H groups in total. The second-order valence-electron chi connectivity index (χ2n) is 3.25. The van der Waals surface area contributed by atoms with Crippen LogP contribution in [0.25, 0.3) is 0 Å². The smallest absolute Gasteiger partial charge is 0.142 e. The van der Waals surface area contributed by atoms with Gasteiger partial charge in [0, 0.05) is 22.3 Å². The van der Waals surface area contributed by atoms with Gasteiger partial charge < -0.3 is 4.84 Å². The summed E-state index contributed by atoms with van der Waals surface area (Å²) in [5.74, 6) is 0. The maximum Gasteiger partial charge on any atom is 0.142 e. The third-order valence-corrected chi connectivity index (χ3v) is 3.42. The fourth-order valence-electron chi connectivity index (χ4n) is 1.39. The summed E-state index contributed by atoms with van der Waals surface area (Å²) in [6.07, 6.45) is 0.874. The first-order valence-corrected chi connectivity index (χ1v) is 6.32. The lowest BCUT2D eigenvalue weighted by Crippen LogP contribution is -2.09. The van der Waals surface area contributed by atoms with Gasteiger partial charge in [0.1, 0.15) is 6.10 Å². The van der Waals surface area contributed by atoms with Crippen LogP contribution in [0.15, 0.2) is 23.4 Å². The molecule has 0 aliphatic carbocycles. The van der Waals surface area contributed by atoms with Gasteiger partial charge >= 0.3 is 0 Å². The Morgan fingerprint density at radius 2 is 2.27 bits per heavy atom. The molecule has 2 rings (SSSR count). The van der Waals surface area contributed by atoms with Gasteiger partial charge in [-0.1, -0.05) is 50.4 Å². The highest BCUT2D eigenvalue weighted by Gasteiger charge is 2.22. The minimum absolute atomic E-state index is 0.103. The van der Waals surface area contributed by atoms with E-state index in [9.17, 15) is 0 Å². The van der Waals surface area contributed by atoms with Crippen molar-refractivity contribution >= 4 is 44.8 Å². The van der Waals surface area contributed by atoms with Crippen LogP contribution >= 0.6 is 39.1 Å². The van der Waals surface area contributed by atoms with Crippen LogP contribution in [0.4, 0.5) is 0 Å². The van der Waals surface area contributed by atoms with Crippen LogP contribution in [0, 0.1) is 0 Å².